The Labute approximate surface area is 216 Å². The van der Waals surface area contributed by atoms with E-state index < -0.39 is 0 Å². The van der Waals surface area contributed by atoms with Crippen LogP contribution >= 0.6 is 31.9 Å². The zero-order chi connectivity index (χ0) is 23.3. The SMILES string of the molecule is Brc1cccc(N(c2ccccc2)c2cccc(N(c3ccccc3)c3cccc(Br)c3)n2)c1. The second-order valence-electron chi connectivity index (χ2n) is 7.66. The summed E-state index contributed by atoms with van der Waals surface area (Å²) in [5, 5.41) is 0. The minimum atomic E-state index is 0.831. The molecule has 5 aromatic rings. The predicted molar refractivity (Wildman–Crippen MR) is 149 cm³/mol. The smallest absolute Gasteiger partial charge is 0.140 e. The Morgan fingerprint density at radius 2 is 0.794 bits per heavy atom. The van der Waals surface area contributed by atoms with Crippen LogP contribution in [0.25, 0.3) is 0 Å². The standard InChI is InChI=1S/C29H21Br2N3/c30-22-10-7-16-26(20-22)33(24-12-3-1-4-13-24)28-18-9-19-29(32-28)34(25-14-5-2-6-15-25)27-17-8-11-23(31)21-27/h1-21H. The molecular weight excluding hydrogens is 550 g/mol. The van der Waals surface area contributed by atoms with Crippen molar-refractivity contribution in [2.75, 3.05) is 9.80 Å². The molecule has 1 heterocycles. The lowest BCUT2D eigenvalue weighted by Crippen LogP contribution is -2.15. The van der Waals surface area contributed by atoms with Crippen molar-refractivity contribution in [1.82, 2.24) is 4.98 Å². The van der Waals surface area contributed by atoms with Gasteiger partial charge in [0, 0.05) is 31.7 Å². The third kappa shape index (κ3) is 4.91. The molecule has 0 saturated carbocycles. The molecule has 166 valence electrons. The Kier molecular flexibility index (Phi) is 6.74. The van der Waals surface area contributed by atoms with E-state index in [1.165, 1.54) is 0 Å². The van der Waals surface area contributed by atoms with Gasteiger partial charge in [0.15, 0.2) is 0 Å². The van der Waals surface area contributed by atoms with Crippen LogP contribution in [-0.2, 0) is 0 Å². The lowest BCUT2D eigenvalue weighted by molar-refractivity contribution is 1.13. The van der Waals surface area contributed by atoms with E-state index in [-0.39, 0.29) is 0 Å². The lowest BCUT2D eigenvalue weighted by atomic mass is 10.2. The zero-order valence-electron chi connectivity index (χ0n) is 18.2. The second-order valence-corrected chi connectivity index (χ2v) is 9.49. The highest BCUT2D eigenvalue weighted by atomic mass is 79.9. The van der Waals surface area contributed by atoms with E-state index in [2.05, 4.69) is 96.3 Å². The van der Waals surface area contributed by atoms with Gasteiger partial charge in [0.25, 0.3) is 0 Å². The van der Waals surface area contributed by atoms with Crippen LogP contribution in [0.2, 0.25) is 0 Å². The normalized spacial score (nSPS) is 10.6. The molecule has 5 heteroatoms. The molecule has 0 radical (unpaired) electrons. The van der Waals surface area contributed by atoms with Gasteiger partial charge in [0.05, 0.1) is 0 Å². The van der Waals surface area contributed by atoms with Gasteiger partial charge in [-0.25, -0.2) is 4.98 Å². The number of rotatable bonds is 6. The van der Waals surface area contributed by atoms with Crippen LogP contribution in [-0.4, -0.2) is 4.98 Å². The summed E-state index contributed by atoms with van der Waals surface area (Å²) in [7, 11) is 0. The number of hydrogen-bond acceptors (Lipinski definition) is 3. The Hall–Kier alpha value is -3.41. The fourth-order valence-corrected chi connectivity index (χ4v) is 4.65. The molecule has 0 atom stereocenters. The monoisotopic (exact) mass is 569 g/mol. The van der Waals surface area contributed by atoms with Crippen LogP contribution in [0.1, 0.15) is 0 Å². The van der Waals surface area contributed by atoms with Gasteiger partial charge in [0.2, 0.25) is 0 Å². The van der Waals surface area contributed by atoms with E-state index in [0.29, 0.717) is 0 Å². The lowest BCUT2D eigenvalue weighted by Gasteiger charge is -2.28. The van der Waals surface area contributed by atoms with E-state index in [0.717, 1.165) is 43.3 Å². The first kappa shape index (κ1) is 22.4. The maximum Gasteiger partial charge on any atom is 0.140 e. The molecule has 1 aromatic heterocycles. The van der Waals surface area contributed by atoms with Gasteiger partial charge < -0.3 is 0 Å². The Morgan fingerprint density at radius 1 is 0.412 bits per heavy atom. The summed E-state index contributed by atoms with van der Waals surface area (Å²) >= 11 is 7.24. The molecule has 0 unspecified atom stereocenters. The molecular formula is C29H21Br2N3. The average molecular weight is 571 g/mol. The van der Waals surface area contributed by atoms with Crippen molar-refractivity contribution in [1.29, 1.82) is 0 Å². The molecule has 0 saturated heterocycles. The quantitative estimate of drug-likeness (QED) is 0.202. The Morgan fingerprint density at radius 3 is 1.21 bits per heavy atom. The number of aromatic nitrogens is 1. The fourth-order valence-electron chi connectivity index (χ4n) is 3.87. The van der Waals surface area contributed by atoms with Crippen LogP contribution in [0.15, 0.2) is 136 Å². The highest BCUT2D eigenvalue weighted by molar-refractivity contribution is 9.10. The third-order valence-electron chi connectivity index (χ3n) is 5.34. The van der Waals surface area contributed by atoms with Gasteiger partial charge in [-0.2, -0.15) is 0 Å². The summed E-state index contributed by atoms with van der Waals surface area (Å²) in [6.07, 6.45) is 0. The van der Waals surface area contributed by atoms with Crippen molar-refractivity contribution in [3.63, 3.8) is 0 Å². The summed E-state index contributed by atoms with van der Waals surface area (Å²) in [5.41, 5.74) is 4.14. The number of anilines is 6. The summed E-state index contributed by atoms with van der Waals surface area (Å²) < 4.78 is 2.03. The third-order valence-corrected chi connectivity index (χ3v) is 6.33. The van der Waals surface area contributed by atoms with E-state index >= 15 is 0 Å². The van der Waals surface area contributed by atoms with Gasteiger partial charge in [-0.3, -0.25) is 9.80 Å². The molecule has 0 aliphatic carbocycles. The van der Waals surface area contributed by atoms with Crippen molar-refractivity contribution >= 4 is 66.2 Å². The summed E-state index contributed by atoms with van der Waals surface area (Å²) in [6, 6.07) is 43.3. The maximum atomic E-state index is 5.16. The van der Waals surface area contributed by atoms with E-state index in [1.807, 2.05) is 72.8 Å². The number of benzene rings is 4. The average Bonchev–Trinajstić information content (AvgIpc) is 2.86. The molecule has 0 aliphatic rings. The number of nitrogens with zero attached hydrogens (tertiary/aromatic N) is 3. The summed E-state index contributed by atoms with van der Waals surface area (Å²) in [4.78, 5) is 9.49. The molecule has 0 fully saturated rings. The highest BCUT2D eigenvalue weighted by Crippen LogP contribution is 2.38. The minimum Gasteiger partial charge on any atom is -0.295 e. The summed E-state index contributed by atoms with van der Waals surface area (Å²) in [5.74, 6) is 1.66. The molecule has 0 spiro atoms. The highest BCUT2D eigenvalue weighted by Gasteiger charge is 2.18. The summed E-state index contributed by atoms with van der Waals surface area (Å²) in [6.45, 7) is 0. The molecule has 0 aliphatic heterocycles. The molecule has 5 rings (SSSR count). The van der Waals surface area contributed by atoms with Gasteiger partial charge in [-0.1, -0.05) is 86.5 Å². The first-order valence-electron chi connectivity index (χ1n) is 10.9. The number of hydrogen-bond donors (Lipinski definition) is 0. The zero-order valence-corrected chi connectivity index (χ0v) is 21.4. The number of pyridine rings is 1. The largest absolute Gasteiger partial charge is 0.295 e. The van der Waals surface area contributed by atoms with Crippen LogP contribution in [0, 0.1) is 0 Å². The number of halogens is 2. The fraction of sp³-hybridized carbons (Fsp3) is 0. The first-order chi connectivity index (χ1) is 16.7. The van der Waals surface area contributed by atoms with Gasteiger partial charge in [0.1, 0.15) is 11.6 Å². The van der Waals surface area contributed by atoms with Crippen LogP contribution in [0.5, 0.6) is 0 Å². The van der Waals surface area contributed by atoms with Crippen LogP contribution in [0.3, 0.4) is 0 Å². The molecule has 0 N–H and O–H groups in total. The van der Waals surface area contributed by atoms with Gasteiger partial charge in [-0.05, 0) is 72.8 Å². The predicted octanol–water partition coefficient (Wildman–Crippen LogP) is 9.55. The van der Waals surface area contributed by atoms with Gasteiger partial charge >= 0.3 is 0 Å². The Balaban J connectivity index is 1.67. The van der Waals surface area contributed by atoms with Crippen LogP contribution in [0.4, 0.5) is 34.4 Å². The topological polar surface area (TPSA) is 19.4 Å². The molecule has 34 heavy (non-hydrogen) atoms. The molecule has 0 amide bonds. The van der Waals surface area contributed by atoms with Gasteiger partial charge in [-0.15, -0.1) is 0 Å². The van der Waals surface area contributed by atoms with Crippen molar-refractivity contribution in [3.8, 4) is 0 Å². The Bertz CT molecular complexity index is 1290. The van der Waals surface area contributed by atoms with E-state index in [9.17, 15) is 0 Å². The van der Waals surface area contributed by atoms with E-state index in [1.54, 1.807) is 0 Å². The first-order valence-corrected chi connectivity index (χ1v) is 12.5. The van der Waals surface area contributed by atoms with Crippen LogP contribution < -0.4 is 9.80 Å². The van der Waals surface area contributed by atoms with Crippen molar-refractivity contribution in [3.05, 3.63) is 136 Å². The van der Waals surface area contributed by atoms with Crippen molar-refractivity contribution < 1.29 is 0 Å². The van der Waals surface area contributed by atoms with Crippen molar-refractivity contribution in [2.45, 2.75) is 0 Å². The van der Waals surface area contributed by atoms with E-state index in [4.69, 9.17) is 4.98 Å². The van der Waals surface area contributed by atoms with Crippen molar-refractivity contribution in [2.24, 2.45) is 0 Å². The maximum absolute atomic E-state index is 5.16. The number of para-hydroxylation sites is 2. The second kappa shape index (κ2) is 10.2. The molecule has 3 nitrogen and oxygen atoms in total. The molecule has 4 aromatic carbocycles. The molecule has 0 bridgehead atoms. The minimum absolute atomic E-state index is 0.831.